The van der Waals surface area contributed by atoms with Crippen LogP contribution in [0.15, 0.2) is 0 Å². The zero-order valence-electron chi connectivity index (χ0n) is 12.0. The van der Waals surface area contributed by atoms with Gasteiger partial charge in [-0.3, -0.25) is 9.59 Å². The SMILES string of the molecule is CCC(CC)N1CC(C(=O)N2CCNCC2)CC1=O. The Labute approximate surface area is 115 Å². The standard InChI is InChI=1S/C14H25N3O2/c1-3-12(4-2)17-10-11(9-13(17)18)14(19)16-7-5-15-6-8-16/h11-12,15H,3-10H2,1-2H3. The van der Waals surface area contributed by atoms with Crippen molar-refractivity contribution in [2.24, 2.45) is 5.92 Å². The Morgan fingerprint density at radius 1 is 1.32 bits per heavy atom. The number of nitrogens with zero attached hydrogens (tertiary/aromatic N) is 2. The van der Waals surface area contributed by atoms with Crippen molar-refractivity contribution < 1.29 is 9.59 Å². The number of carbonyl (C=O) groups excluding carboxylic acids is 2. The smallest absolute Gasteiger partial charge is 0.228 e. The summed E-state index contributed by atoms with van der Waals surface area (Å²) in [5.74, 6) is 0.205. The average molecular weight is 267 g/mol. The molecule has 2 saturated heterocycles. The van der Waals surface area contributed by atoms with E-state index < -0.39 is 0 Å². The molecule has 0 aromatic rings. The number of hydrogen-bond acceptors (Lipinski definition) is 3. The second kappa shape index (κ2) is 6.37. The van der Waals surface area contributed by atoms with Crippen LogP contribution in [0.2, 0.25) is 0 Å². The summed E-state index contributed by atoms with van der Waals surface area (Å²) in [5, 5.41) is 3.24. The van der Waals surface area contributed by atoms with Crippen LogP contribution in [-0.2, 0) is 9.59 Å². The van der Waals surface area contributed by atoms with Crippen molar-refractivity contribution in [2.45, 2.75) is 39.2 Å². The molecule has 2 amide bonds. The fourth-order valence-corrected chi connectivity index (χ4v) is 3.12. The van der Waals surface area contributed by atoms with Gasteiger partial charge in [-0.1, -0.05) is 13.8 Å². The van der Waals surface area contributed by atoms with E-state index in [4.69, 9.17) is 0 Å². The quantitative estimate of drug-likeness (QED) is 0.805. The third-order valence-electron chi connectivity index (χ3n) is 4.32. The first-order valence-electron chi connectivity index (χ1n) is 7.46. The minimum Gasteiger partial charge on any atom is -0.340 e. The van der Waals surface area contributed by atoms with Crippen molar-refractivity contribution in [3.05, 3.63) is 0 Å². The van der Waals surface area contributed by atoms with Crippen LogP contribution >= 0.6 is 0 Å². The first-order valence-corrected chi connectivity index (χ1v) is 7.46. The minimum atomic E-state index is -0.119. The molecule has 1 unspecified atom stereocenters. The molecule has 5 heteroatoms. The highest BCUT2D eigenvalue weighted by Crippen LogP contribution is 2.24. The number of rotatable bonds is 4. The van der Waals surface area contributed by atoms with Crippen molar-refractivity contribution in [3.63, 3.8) is 0 Å². The maximum absolute atomic E-state index is 12.4. The van der Waals surface area contributed by atoms with Gasteiger partial charge in [-0.15, -0.1) is 0 Å². The second-order valence-electron chi connectivity index (χ2n) is 5.49. The first kappa shape index (κ1) is 14.3. The maximum atomic E-state index is 12.4. The minimum absolute atomic E-state index is 0.119. The lowest BCUT2D eigenvalue weighted by Gasteiger charge is -2.30. The maximum Gasteiger partial charge on any atom is 0.228 e. The van der Waals surface area contributed by atoms with E-state index in [9.17, 15) is 9.59 Å². The Kier molecular flexibility index (Phi) is 4.80. The summed E-state index contributed by atoms with van der Waals surface area (Å²) in [6.45, 7) is 8.10. The largest absolute Gasteiger partial charge is 0.340 e. The first-order chi connectivity index (χ1) is 9.17. The molecular formula is C14H25N3O2. The lowest BCUT2D eigenvalue weighted by Crippen LogP contribution is -2.49. The van der Waals surface area contributed by atoms with Crippen LogP contribution in [0.1, 0.15) is 33.1 Å². The molecular weight excluding hydrogens is 242 g/mol. The van der Waals surface area contributed by atoms with Gasteiger partial charge in [0, 0.05) is 45.2 Å². The number of carbonyl (C=O) groups is 2. The van der Waals surface area contributed by atoms with E-state index in [1.165, 1.54) is 0 Å². The zero-order valence-corrected chi connectivity index (χ0v) is 12.0. The van der Waals surface area contributed by atoms with E-state index in [0.29, 0.717) is 19.0 Å². The third kappa shape index (κ3) is 3.08. The number of piperazine rings is 1. The highest BCUT2D eigenvalue weighted by molar-refractivity contribution is 5.89. The van der Waals surface area contributed by atoms with Gasteiger partial charge in [0.05, 0.1) is 5.92 Å². The molecule has 1 atom stereocenters. The number of amides is 2. The summed E-state index contributed by atoms with van der Waals surface area (Å²) in [7, 11) is 0. The fraction of sp³-hybridized carbons (Fsp3) is 0.857. The molecule has 0 aromatic heterocycles. The molecule has 0 spiro atoms. The van der Waals surface area contributed by atoms with Crippen LogP contribution in [0.3, 0.4) is 0 Å². The number of nitrogens with one attached hydrogen (secondary N) is 1. The van der Waals surface area contributed by atoms with Crippen molar-refractivity contribution in [1.82, 2.24) is 15.1 Å². The monoisotopic (exact) mass is 267 g/mol. The highest BCUT2D eigenvalue weighted by Gasteiger charge is 2.38. The molecule has 0 radical (unpaired) electrons. The Bertz CT molecular complexity index is 336. The molecule has 0 aromatic carbocycles. The summed E-state index contributed by atoms with van der Waals surface area (Å²) in [5.41, 5.74) is 0. The Morgan fingerprint density at radius 3 is 2.53 bits per heavy atom. The van der Waals surface area contributed by atoms with E-state index in [1.54, 1.807) is 0 Å². The van der Waals surface area contributed by atoms with Crippen molar-refractivity contribution in [1.29, 1.82) is 0 Å². The average Bonchev–Trinajstić information content (AvgIpc) is 2.83. The normalized spacial score (nSPS) is 24.4. The van der Waals surface area contributed by atoms with Gasteiger partial charge in [0.15, 0.2) is 0 Å². The molecule has 2 fully saturated rings. The molecule has 2 aliphatic rings. The van der Waals surface area contributed by atoms with Crippen LogP contribution < -0.4 is 5.32 Å². The zero-order chi connectivity index (χ0) is 13.8. The molecule has 0 saturated carbocycles. The lowest BCUT2D eigenvalue weighted by atomic mass is 10.1. The molecule has 0 aliphatic carbocycles. The van der Waals surface area contributed by atoms with Gasteiger partial charge in [0.2, 0.25) is 11.8 Å². The van der Waals surface area contributed by atoms with Gasteiger partial charge in [0.25, 0.3) is 0 Å². The molecule has 2 heterocycles. The van der Waals surface area contributed by atoms with Crippen LogP contribution in [-0.4, -0.2) is 60.4 Å². The lowest BCUT2D eigenvalue weighted by molar-refractivity contribution is -0.136. The summed E-state index contributed by atoms with van der Waals surface area (Å²) in [6.07, 6.45) is 2.34. The highest BCUT2D eigenvalue weighted by atomic mass is 16.2. The number of likely N-dealkylation sites (tertiary alicyclic amines) is 1. The molecule has 2 aliphatic heterocycles. The molecule has 2 rings (SSSR count). The topological polar surface area (TPSA) is 52.7 Å². The molecule has 5 nitrogen and oxygen atoms in total. The Balaban J connectivity index is 1.95. The number of hydrogen-bond donors (Lipinski definition) is 1. The van der Waals surface area contributed by atoms with Crippen molar-refractivity contribution in [3.8, 4) is 0 Å². The third-order valence-corrected chi connectivity index (χ3v) is 4.32. The van der Waals surface area contributed by atoms with Gasteiger partial charge in [-0.2, -0.15) is 0 Å². The summed E-state index contributed by atoms with van der Waals surface area (Å²) in [6, 6.07) is 0.299. The van der Waals surface area contributed by atoms with Crippen molar-refractivity contribution >= 4 is 11.8 Å². The van der Waals surface area contributed by atoms with E-state index in [2.05, 4.69) is 19.2 Å². The van der Waals surface area contributed by atoms with E-state index in [1.807, 2.05) is 9.80 Å². The fourth-order valence-electron chi connectivity index (χ4n) is 3.12. The Morgan fingerprint density at radius 2 is 1.95 bits per heavy atom. The van der Waals surface area contributed by atoms with Gasteiger partial charge >= 0.3 is 0 Å². The van der Waals surface area contributed by atoms with E-state index in [0.717, 1.165) is 39.0 Å². The van der Waals surface area contributed by atoms with Crippen LogP contribution in [0.25, 0.3) is 0 Å². The summed E-state index contributed by atoms with van der Waals surface area (Å²) >= 11 is 0. The predicted molar refractivity (Wildman–Crippen MR) is 73.6 cm³/mol. The van der Waals surface area contributed by atoms with E-state index in [-0.39, 0.29) is 17.7 Å². The van der Waals surface area contributed by atoms with Crippen LogP contribution in [0, 0.1) is 5.92 Å². The second-order valence-corrected chi connectivity index (χ2v) is 5.49. The van der Waals surface area contributed by atoms with Crippen LogP contribution in [0.5, 0.6) is 0 Å². The van der Waals surface area contributed by atoms with Gasteiger partial charge in [-0.25, -0.2) is 0 Å². The van der Waals surface area contributed by atoms with Crippen LogP contribution in [0.4, 0.5) is 0 Å². The Hall–Kier alpha value is -1.10. The predicted octanol–water partition coefficient (Wildman–Crippen LogP) is 0.455. The molecule has 1 N–H and O–H groups in total. The molecule has 0 bridgehead atoms. The summed E-state index contributed by atoms with van der Waals surface area (Å²) in [4.78, 5) is 28.3. The summed E-state index contributed by atoms with van der Waals surface area (Å²) < 4.78 is 0. The van der Waals surface area contributed by atoms with Gasteiger partial charge < -0.3 is 15.1 Å². The van der Waals surface area contributed by atoms with Gasteiger partial charge in [-0.05, 0) is 12.8 Å². The van der Waals surface area contributed by atoms with E-state index >= 15 is 0 Å². The molecule has 108 valence electrons. The van der Waals surface area contributed by atoms with Gasteiger partial charge in [0.1, 0.15) is 0 Å². The molecule has 19 heavy (non-hydrogen) atoms. The van der Waals surface area contributed by atoms with Crippen molar-refractivity contribution in [2.75, 3.05) is 32.7 Å².